The Morgan fingerprint density at radius 1 is 1.30 bits per heavy atom. The summed E-state index contributed by atoms with van der Waals surface area (Å²) in [6.07, 6.45) is -7.51. The van der Waals surface area contributed by atoms with E-state index in [2.05, 4.69) is 0 Å². The van der Waals surface area contributed by atoms with Crippen LogP contribution in [-0.2, 0) is 4.79 Å². The lowest BCUT2D eigenvalue weighted by molar-refractivity contribution is -0.209. The number of anilines is 1. The van der Waals surface area contributed by atoms with E-state index in [0.29, 0.717) is 0 Å². The molecule has 1 amide bonds. The van der Waals surface area contributed by atoms with Gasteiger partial charge in [-0.15, -0.1) is 0 Å². The molecular formula is C12H10Cl2F3NO2. The monoisotopic (exact) mass is 327 g/mol. The van der Waals surface area contributed by atoms with Gasteiger partial charge in [-0.25, -0.2) is 0 Å². The van der Waals surface area contributed by atoms with Crippen molar-refractivity contribution in [2.45, 2.75) is 31.2 Å². The van der Waals surface area contributed by atoms with Crippen molar-refractivity contribution in [3.8, 4) is 0 Å². The molecule has 1 unspecified atom stereocenters. The summed E-state index contributed by atoms with van der Waals surface area (Å²) in [6.45, 7) is 0. The molecular weight excluding hydrogens is 318 g/mol. The minimum atomic E-state index is -4.79. The van der Waals surface area contributed by atoms with Gasteiger partial charge in [0.15, 0.2) is 6.10 Å². The van der Waals surface area contributed by atoms with Crippen LogP contribution in [0.2, 0.25) is 10.0 Å². The minimum Gasteiger partial charge on any atom is -0.382 e. The summed E-state index contributed by atoms with van der Waals surface area (Å²) >= 11 is 11.5. The van der Waals surface area contributed by atoms with Gasteiger partial charge >= 0.3 is 6.18 Å². The van der Waals surface area contributed by atoms with Crippen molar-refractivity contribution >= 4 is 34.8 Å². The second-order valence-electron chi connectivity index (χ2n) is 4.45. The lowest BCUT2D eigenvalue weighted by atomic mass is 10.1. The van der Waals surface area contributed by atoms with Crippen molar-refractivity contribution in [1.29, 1.82) is 0 Å². The van der Waals surface area contributed by atoms with Gasteiger partial charge in [0.25, 0.3) is 0 Å². The Balaban J connectivity index is 2.36. The number of hydrogen-bond acceptors (Lipinski definition) is 2. The molecule has 1 aliphatic rings. The van der Waals surface area contributed by atoms with Crippen molar-refractivity contribution in [2.75, 3.05) is 4.90 Å². The zero-order chi connectivity index (χ0) is 15.1. The smallest absolute Gasteiger partial charge is 0.382 e. The number of benzene rings is 1. The van der Waals surface area contributed by atoms with Gasteiger partial charge in [0.2, 0.25) is 5.91 Å². The maximum Gasteiger partial charge on any atom is 0.416 e. The van der Waals surface area contributed by atoms with Crippen LogP contribution in [0, 0.1) is 0 Å². The van der Waals surface area contributed by atoms with E-state index < -0.39 is 24.2 Å². The molecule has 0 bridgehead atoms. The van der Waals surface area contributed by atoms with Crippen LogP contribution in [0.3, 0.4) is 0 Å². The molecule has 1 aromatic carbocycles. The first-order chi connectivity index (χ1) is 9.21. The molecule has 1 aromatic rings. The molecule has 3 nitrogen and oxygen atoms in total. The van der Waals surface area contributed by atoms with Gasteiger partial charge in [-0.1, -0.05) is 23.2 Å². The number of rotatable bonds is 2. The average Bonchev–Trinajstić information content (AvgIpc) is 2.72. The lowest BCUT2D eigenvalue weighted by Crippen LogP contribution is -2.48. The van der Waals surface area contributed by atoms with Crippen LogP contribution < -0.4 is 4.90 Å². The normalized spacial score (nSPS) is 21.4. The molecule has 2 atom stereocenters. The maximum absolute atomic E-state index is 12.6. The minimum absolute atomic E-state index is 0.0575. The highest BCUT2D eigenvalue weighted by Crippen LogP contribution is 2.36. The fraction of sp³-hybridized carbons (Fsp3) is 0.417. The van der Waals surface area contributed by atoms with E-state index >= 15 is 0 Å². The number of alkyl halides is 3. The van der Waals surface area contributed by atoms with Crippen LogP contribution in [-0.4, -0.2) is 29.3 Å². The van der Waals surface area contributed by atoms with Crippen LogP contribution in [0.5, 0.6) is 0 Å². The predicted molar refractivity (Wildman–Crippen MR) is 69.0 cm³/mol. The number of hydrogen-bond donors (Lipinski definition) is 1. The Kier molecular flexibility index (Phi) is 4.18. The predicted octanol–water partition coefficient (Wildman–Crippen LogP) is 3.41. The first-order valence-electron chi connectivity index (χ1n) is 5.73. The summed E-state index contributed by atoms with van der Waals surface area (Å²) in [5, 5.41) is 9.74. The van der Waals surface area contributed by atoms with E-state index in [1.165, 1.54) is 18.2 Å². The summed E-state index contributed by atoms with van der Waals surface area (Å²) < 4.78 is 37.9. The quantitative estimate of drug-likeness (QED) is 0.904. The van der Waals surface area contributed by atoms with Crippen LogP contribution in [0.1, 0.15) is 12.8 Å². The molecule has 20 heavy (non-hydrogen) atoms. The number of nitrogens with zero attached hydrogens (tertiary/aromatic N) is 1. The van der Waals surface area contributed by atoms with Crippen LogP contribution >= 0.6 is 23.2 Å². The summed E-state index contributed by atoms with van der Waals surface area (Å²) in [7, 11) is 0. The summed E-state index contributed by atoms with van der Waals surface area (Å²) in [5.74, 6) is -0.489. The molecule has 110 valence electrons. The topological polar surface area (TPSA) is 40.5 Å². The van der Waals surface area contributed by atoms with Gasteiger partial charge in [0.1, 0.15) is 0 Å². The molecule has 0 radical (unpaired) electrons. The van der Waals surface area contributed by atoms with Crippen molar-refractivity contribution in [3.05, 3.63) is 28.2 Å². The third-order valence-corrected chi connectivity index (χ3v) is 3.87. The van der Waals surface area contributed by atoms with Crippen molar-refractivity contribution in [2.24, 2.45) is 0 Å². The lowest BCUT2D eigenvalue weighted by Gasteiger charge is -2.30. The Bertz CT molecular complexity index is 536. The van der Waals surface area contributed by atoms with E-state index in [1.807, 2.05) is 0 Å². The van der Waals surface area contributed by atoms with Crippen LogP contribution in [0.4, 0.5) is 18.9 Å². The summed E-state index contributed by atoms with van der Waals surface area (Å²) in [5.41, 5.74) is 0.190. The van der Waals surface area contributed by atoms with E-state index in [0.717, 1.165) is 4.90 Å². The first kappa shape index (κ1) is 15.4. The molecule has 0 spiro atoms. The Morgan fingerprint density at radius 2 is 1.95 bits per heavy atom. The molecule has 2 rings (SSSR count). The van der Waals surface area contributed by atoms with Gasteiger partial charge < -0.3 is 10.0 Å². The van der Waals surface area contributed by atoms with E-state index in [4.69, 9.17) is 23.2 Å². The van der Waals surface area contributed by atoms with Gasteiger partial charge in [-0.2, -0.15) is 13.2 Å². The van der Waals surface area contributed by atoms with Crippen molar-refractivity contribution < 1.29 is 23.1 Å². The molecule has 0 aromatic heterocycles. The van der Waals surface area contributed by atoms with Crippen molar-refractivity contribution in [3.63, 3.8) is 0 Å². The summed E-state index contributed by atoms with van der Waals surface area (Å²) in [6, 6.07) is 2.75. The number of amides is 1. The number of aliphatic hydroxyl groups excluding tert-OH is 1. The zero-order valence-electron chi connectivity index (χ0n) is 9.99. The van der Waals surface area contributed by atoms with Crippen LogP contribution in [0.15, 0.2) is 18.2 Å². The standard InChI is InChI=1S/C12H10Cl2F3NO2/c13-7-2-1-6(5-8(7)14)18-9(3-4-10(18)19)11(20)12(15,16)17/h1-2,5,9,11,20H,3-4H2/t9?,11-/m1/s1. The van der Waals surface area contributed by atoms with Gasteiger partial charge in [-0.05, 0) is 24.6 Å². The third kappa shape index (κ3) is 2.87. The van der Waals surface area contributed by atoms with E-state index in [1.54, 1.807) is 0 Å². The SMILES string of the molecule is O=C1CCC([C@@H](O)C(F)(F)F)N1c1ccc(Cl)c(Cl)c1. The molecule has 1 heterocycles. The van der Waals surface area contributed by atoms with Gasteiger partial charge in [-0.3, -0.25) is 4.79 Å². The highest BCUT2D eigenvalue weighted by atomic mass is 35.5. The van der Waals surface area contributed by atoms with Gasteiger partial charge in [0.05, 0.1) is 16.1 Å². The molecule has 0 aliphatic carbocycles. The Morgan fingerprint density at radius 3 is 2.50 bits per heavy atom. The summed E-state index contributed by atoms with van der Waals surface area (Å²) in [4.78, 5) is 12.7. The largest absolute Gasteiger partial charge is 0.416 e. The van der Waals surface area contributed by atoms with Gasteiger partial charge in [0, 0.05) is 12.1 Å². The van der Waals surface area contributed by atoms with E-state index in [9.17, 15) is 23.1 Å². The number of carbonyl (C=O) groups excluding carboxylic acids is 1. The molecule has 1 fully saturated rings. The zero-order valence-corrected chi connectivity index (χ0v) is 11.5. The first-order valence-corrected chi connectivity index (χ1v) is 6.49. The highest BCUT2D eigenvalue weighted by Gasteiger charge is 2.49. The second kappa shape index (κ2) is 5.42. The Hall–Kier alpha value is -0.980. The van der Waals surface area contributed by atoms with E-state index in [-0.39, 0.29) is 28.6 Å². The molecule has 1 N–H and O–H groups in total. The maximum atomic E-state index is 12.6. The third-order valence-electron chi connectivity index (χ3n) is 3.14. The fourth-order valence-electron chi connectivity index (χ4n) is 2.19. The molecule has 8 heteroatoms. The van der Waals surface area contributed by atoms with Crippen LogP contribution in [0.25, 0.3) is 0 Å². The fourth-order valence-corrected chi connectivity index (χ4v) is 2.49. The highest BCUT2D eigenvalue weighted by molar-refractivity contribution is 6.42. The molecule has 0 saturated carbocycles. The number of carbonyl (C=O) groups is 1. The molecule has 1 saturated heterocycles. The van der Waals surface area contributed by atoms with Crippen molar-refractivity contribution in [1.82, 2.24) is 0 Å². The molecule has 1 aliphatic heterocycles. The number of aliphatic hydroxyl groups is 1. The Labute approximate surface area is 122 Å². The average molecular weight is 328 g/mol. The number of halogens is 5. The second-order valence-corrected chi connectivity index (χ2v) is 5.27.